The van der Waals surface area contributed by atoms with Crippen LogP contribution in [-0.2, 0) is 5.33 Å². The Morgan fingerprint density at radius 3 is 2.85 bits per heavy atom. The Balaban J connectivity index is 2.80. The molecule has 2 rings (SSSR count). The lowest BCUT2D eigenvalue weighted by molar-refractivity contribution is 1.44. The summed E-state index contributed by atoms with van der Waals surface area (Å²) < 4.78 is 2.38. The van der Waals surface area contributed by atoms with Gasteiger partial charge in [0.2, 0.25) is 0 Å². The van der Waals surface area contributed by atoms with Gasteiger partial charge in [0.1, 0.15) is 0 Å². The first-order chi connectivity index (χ1) is 6.24. The van der Waals surface area contributed by atoms with Gasteiger partial charge in [-0.2, -0.15) is 0 Å². The summed E-state index contributed by atoms with van der Waals surface area (Å²) in [4.78, 5) is 0. The van der Waals surface area contributed by atoms with E-state index in [0.717, 1.165) is 20.2 Å². The average molecular weight is 340 g/mol. The Morgan fingerprint density at radius 2 is 2.15 bits per heavy atom. The van der Waals surface area contributed by atoms with Crippen LogP contribution >= 0.6 is 54.8 Å². The molecule has 0 spiro atoms. The van der Waals surface area contributed by atoms with E-state index in [1.807, 2.05) is 5.38 Å². The summed E-state index contributed by atoms with van der Waals surface area (Å²) in [6.07, 6.45) is 0. The van der Waals surface area contributed by atoms with Gasteiger partial charge in [0, 0.05) is 20.6 Å². The van der Waals surface area contributed by atoms with Crippen molar-refractivity contribution < 1.29 is 0 Å². The van der Waals surface area contributed by atoms with E-state index < -0.39 is 0 Å². The zero-order valence-corrected chi connectivity index (χ0v) is 11.2. The van der Waals surface area contributed by atoms with Gasteiger partial charge in [-0.05, 0) is 21.5 Å². The van der Waals surface area contributed by atoms with Crippen LogP contribution in [-0.4, -0.2) is 0 Å². The molecule has 68 valence electrons. The minimum absolute atomic E-state index is 0.835. The average Bonchev–Trinajstić information content (AvgIpc) is 2.50. The van der Waals surface area contributed by atoms with E-state index in [0.29, 0.717) is 0 Å². The van der Waals surface area contributed by atoms with Crippen LogP contribution in [0, 0.1) is 0 Å². The molecule has 0 nitrogen and oxygen atoms in total. The van der Waals surface area contributed by atoms with Crippen molar-refractivity contribution in [1.29, 1.82) is 0 Å². The number of benzene rings is 1. The van der Waals surface area contributed by atoms with Gasteiger partial charge in [-0.1, -0.05) is 39.7 Å². The van der Waals surface area contributed by atoms with Gasteiger partial charge in [0.05, 0.1) is 9.72 Å². The second kappa shape index (κ2) is 3.89. The summed E-state index contributed by atoms with van der Waals surface area (Å²) in [7, 11) is 0. The predicted octanol–water partition coefficient (Wildman–Crippen LogP) is 5.21. The van der Waals surface area contributed by atoms with Gasteiger partial charge < -0.3 is 0 Å². The molecule has 1 aromatic heterocycles. The van der Waals surface area contributed by atoms with Crippen LogP contribution in [0.1, 0.15) is 5.56 Å². The van der Waals surface area contributed by atoms with Gasteiger partial charge in [-0.15, -0.1) is 11.3 Å². The maximum Gasteiger partial charge on any atom is 0.0592 e. The van der Waals surface area contributed by atoms with Crippen LogP contribution in [0.4, 0.5) is 0 Å². The quantitative estimate of drug-likeness (QED) is 0.625. The summed E-state index contributed by atoms with van der Waals surface area (Å²) in [5, 5.41) is 4.79. The number of halogens is 3. The standard InChI is InChI=1S/C9H5Br2ClS/c10-3-5-1-2-6-7(12)4-13-9(6)8(5)11/h1-2,4H,3H2. The lowest BCUT2D eigenvalue weighted by Gasteiger charge is -2.00. The molecule has 4 heteroatoms. The minimum atomic E-state index is 0.835. The summed E-state index contributed by atoms with van der Waals surface area (Å²) in [5.41, 5.74) is 1.26. The molecule has 0 fully saturated rings. The predicted molar refractivity (Wildman–Crippen MR) is 67.2 cm³/mol. The molecule has 1 heterocycles. The Morgan fingerprint density at radius 1 is 1.38 bits per heavy atom. The van der Waals surface area contributed by atoms with E-state index >= 15 is 0 Å². The zero-order chi connectivity index (χ0) is 9.42. The molecule has 0 aliphatic heterocycles. The molecule has 0 unspecified atom stereocenters. The number of rotatable bonds is 1. The van der Waals surface area contributed by atoms with E-state index in [2.05, 4.69) is 44.0 Å². The largest absolute Gasteiger partial charge is 0.141 e. The van der Waals surface area contributed by atoms with Gasteiger partial charge in [0.15, 0.2) is 0 Å². The fourth-order valence-corrected chi connectivity index (χ4v) is 4.02. The molecular weight excluding hydrogens is 335 g/mol. The number of alkyl halides is 1. The maximum atomic E-state index is 6.02. The first kappa shape index (κ1) is 9.97. The van der Waals surface area contributed by atoms with Gasteiger partial charge in [-0.3, -0.25) is 0 Å². The van der Waals surface area contributed by atoms with Gasteiger partial charge in [-0.25, -0.2) is 0 Å². The highest BCUT2D eigenvalue weighted by atomic mass is 79.9. The van der Waals surface area contributed by atoms with Crippen LogP contribution in [0.3, 0.4) is 0 Å². The van der Waals surface area contributed by atoms with Gasteiger partial charge in [0.25, 0.3) is 0 Å². The molecule has 0 amide bonds. The Bertz CT molecular complexity index is 450. The summed E-state index contributed by atoms with van der Waals surface area (Å²) >= 11 is 14.7. The molecular formula is C9H5Br2ClS. The molecule has 0 radical (unpaired) electrons. The highest BCUT2D eigenvalue weighted by Crippen LogP contribution is 2.37. The first-order valence-electron chi connectivity index (χ1n) is 3.64. The third kappa shape index (κ3) is 1.67. The van der Waals surface area contributed by atoms with Crippen LogP contribution in [0.2, 0.25) is 5.02 Å². The van der Waals surface area contributed by atoms with Crippen molar-refractivity contribution in [1.82, 2.24) is 0 Å². The summed E-state index contributed by atoms with van der Waals surface area (Å²) in [6.45, 7) is 0. The van der Waals surface area contributed by atoms with E-state index in [1.54, 1.807) is 11.3 Å². The highest BCUT2D eigenvalue weighted by molar-refractivity contribution is 9.11. The zero-order valence-electron chi connectivity index (χ0n) is 6.48. The number of hydrogen-bond donors (Lipinski definition) is 0. The third-order valence-corrected chi connectivity index (χ3v) is 5.09. The number of fused-ring (bicyclic) bond motifs is 1. The minimum Gasteiger partial charge on any atom is -0.141 e. The number of thiophene rings is 1. The smallest absolute Gasteiger partial charge is 0.0592 e. The van der Waals surface area contributed by atoms with E-state index in [-0.39, 0.29) is 0 Å². The Labute approximate surface area is 102 Å². The van der Waals surface area contributed by atoms with E-state index in [4.69, 9.17) is 11.6 Å². The first-order valence-corrected chi connectivity index (χ1v) is 6.81. The lowest BCUT2D eigenvalue weighted by Crippen LogP contribution is -1.79. The van der Waals surface area contributed by atoms with Crippen LogP contribution in [0.15, 0.2) is 22.0 Å². The SMILES string of the molecule is Clc1csc2c(Br)c(CBr)ccc12. The molecule has 2 aromatic rings. The second-order valence-electron chi connectivity index (χ2n) is 2.63. The fourth-order valence-electron chi connectivity index (χ4n) is 1.18. The van der Waals surface area contributed by atoms with Crippen LogP contribution < -0.4 is 0 Å². The van der Waals surface area contributed by atoms with Crippen LogP contribution in [0.25, 0.3) is 10.1 Å². The van der Waals surface area contributed by atoms with E-state index in [1.165, 1.54) is 10.3 Å². The topological polar surface area (TPSA) is 0 Å². The monoisotopic (exact) mass is 338 g/mol. The van der Waals surface area contributed by atoms with E-state index in [9.17, 15) is 0 Å². The van der Waals surface area contributed by atoms with Crippen molar-refractivity contribution in [2.24, 2.45) is 0 Å². The third-order valence-electron chi connectivity index (χ3n) is 1.86. The molecule has 0 bridgehead atoms. The molecule has 0 saturated carbocycles. The Kier molecular flexibility index (Phi) is 2.98. The molecule has 1 aromatic carbocycles. The molecule has 0 aliphatic rings. The van der Waals surface area contributed by atoms with Crippen molar-refractivity contribution in [3.63, 3.8) is 0 Å². The molecule has 0 N–H and O–H groups in total. The van der Waals surface area contributed by atoms with Crippen molar-refractivity contribution >= 4 is 64.9 Å². The number of hydrogen-bond acceptors (Lipinski definition) is 1. The maximum absolute atomic E-state index is 6.02. The molecule has 0 saturated heterocycles. The van der Waals surface area contributed by atoms with Crippen molar-refractivity contribution in [3.05, 3.63) is 32.6 Å². The highest BCUT2D eigenvalue weighted by Gasteiger charge is 2.08. The van der Waals surface area contributed by atoms with Crippen molar-refractivity contribution in [3.8, 4) is 0 Å². The van der Waals surface area contributed by atoms with Crippen molar-refractivity contribution in [2.75, 3.05) is 0 Å². The second-order valence-corrected chi connectivity index (χ2v) is 5.27. The fraction of sp³-hybridized carbons (Fsp3) is 0.111. The lowest BCUT2D eigenvalue weighted by atomic mass is 10.2. The van der Waals surface area contributed by atoms with Gasteiger partial charge >= 0.3 is 0 Å². The molecule has 13 heavy (non-hydrogen) atoms. The molecule has 0 aliphatic carbocycles. The Hall–Kier alpha value is 0.430. The van der Waals surface area contributed by atoms with Crippen LogP contribution in [0.5, 0.6) is 0 Å². The summed E-state index contributed by atoms with van der Waals surface area (Å²) in [6, 6.07) is 4.15. The normalized spacial score (nSPS) is 11.0. The summed E-state index contributed by atoms with van der Waals surface area (Å²) in [5.74, 6) is 0. The van der Waals surface area contributed by atoms with Crippen molar-refractivity contribution in [2.45, 2.75) is 5.33 Å². The molecule has 0 atom stereocenters.